The molecule has 4 aromatic rings. The van der Waals surface area contributed by atoms with Gasteiger partial charge in [-0.25, -0.2) is 22.3 Å². The predicted molar refractivity (Wildman–Crippen MR) is 142 cm³/mol. The molecule has 2 amide bonds. The van der Waals surface area contributed by atoms with Crippen molar-refractivity contribution in [2.24, 2.45) is 0 Å². The molecule has 188 valence electrons. The Bertz CT molecular complexity index is 1650. The lowest BCUT2D eigenvalue weighted by atomic mass is 10.00. The van der Waals surface area contributed by atoms with E-state index in [-0.39, 0.29) is 19.8 Å². The van der Waals surface area contributed by atoms with E-state index in [0.29, 0.717) is 28.0 Å². The van der Waals surface area contributed by atoms with Gasteiger partial charge in [-0.1, -0.05) is 25.4 Å². The van der Waals surface area contributed by atoms with Crippen molar-refractivity contribution in [2.45, 2.75) is 24.0 Å². The van der Waals surface area contributed by atoms with Crippen molar-refractivity contribution in [2.75, 3.05) is 17.7 Å². The first-order valence-electron chi connectivity index (χ1n) is 10.8. The molecule has 8 nitrogen and oxygen atoms in total. The van der Waals surface area contributed by atoms with Crippen LogP contribution in [0.25, 0.3) is 16.5 Å². The summed E-state index contributed by atoms with van der Waals surface area (Å²) in [6.07, 6.45) is 1.60. The number of anilines is 2. The molecule has 2 aromatic heterocycles. The number of nitrogens with one attached hydrogen (secondary N) is 3. The second kappa shape index (κ2) is 9.92. The quantitative estimate of drug-likeness (QED) is 0.294. The highest BCUT2D eigenvalue weighted by molar-refractivity contribution is 7.92. The van der Waals surface area contributed by atoms with Crippen molar-refractivity contribution in [3.05, 3.63) is 80.8 Å². The Morgan fingerprint density at radius 3 is 2.47 bits per heavy atom. The molecule has 4 rings (SSSR count). The maximum atomic E-state index is 14.3. The number of hydrogen-bond donors (Lipinski definition) is 3. The number of urea groups is 1. The summed E-state index contributed by atoms with van der Waals surface area (Å²) < 4.78 is 42.7. The summed E-state index contributed by atoms with van der Waals surface area (Å²) in [6, 6.07) is 11.2. The number of carbonyl (C=O) groups excluding carboxylic acids is 1. The van der Waals surface area contributed by atoms with Crippen molar-refractivity contribution in [1.29, 1.82) is 0 Å². The lowest BCUT2D eigenvalue weighted by molar-refractivity contribution is 0.256. The van der Waals surface area contributed by atoms with Gasteiger partial charge in [-0.05, 0) is 65.4 Å². The van der Waals surface area contributed by atoms with Crippen LogP contribution in [-0.2, 0) is 10.0 Å². The van der Waals surface area contributed by atoms with Crippen LogP contribution < -0.4 is 20.9 Å². The zero-order valence-electron chi connectivity index (χ0n) is 19.4. The van der Waals surface area contributed by atoms with E-state index in [4.69, 9.17) is 11.6 Å². The average molecular weight is 549 g/mol. The number of carbonyl (C=O) groups is 1. The minimum absolute atomic E-state index is 0.0836. The zero-order chi connectivity index (χ0) is 26.2. The van der Waals surface area contributed by atoms with Gasteiger partial charge in [-0.3, -0.25) is 9.36 Å². The normalized spacial score (nSPS) is 11.6. The molecule has 0 atom stereocenters. The van der Waals surface area contributed by atoms with Crippen LogP contribution in [0.2, 0.25) is 4.34 Å². The molecule has 0 saturated heterocycles. The average Bonchev–Trinajstić information content (AvgIpc) is 3.26. The lowest BCUT2D eigenvalue weighted by Crippen LogP contribution is -2.34. The third-order valence-electron chi connectivity index (χ3n) is 5.48. The van der Waals surface area contributed by atoms with E-state index in [1.165, 1.54) is 22.8 Å². The SMILES string of the molecule is CNc1cc2ccn(-c3ccc(NC(=O)NS(=O)(=O)c4ccc(Cl)s4)c(C(C)C)c3)c(=O)c2cc1F. The molecule has 0 spiro atoms. The Kier molecular flexibility index (Phi) is 7.07. The van der Waals surface area contributed by atoms with Gasteiger partial charge in [0.1, 0.15) is 10.0 Å². The Hall–Kier alpha value is -3.41. The van der Waals surface area contributed by atoms with E-state index < -0.39 is 27.4 Å². The molecule has 0 radical (unpaired) electrons. The highest BCUT2D eigenvalue weighted by Crippen LogP contribution is 2.28. The molecule has 2 heterocycles. The summed E-state index contributed by atoms with van der Waals surface area (Å²) in [5.74, 6) is -0.618. The van der Waals surface area contributed by atoms with E-state index in [1.807, 2.05) is 18.6 Å². The zero-order valence-corrected chi connectivity index (χ0v) is 21.8. The molecule has 0 bridgehead atoms. The van der Waals surface area contributed by atoms with Gasteiger partial charge < -0.3 is 10.6 Å². The van der Waals surface area contributed by atoms with Crippen molar-refractivity contribution >= 4 is 61.1 Å². The number of fused-ring (bicyclic) bond motifs is 1. The smallest absolute Gasteiger partial charge is 0.333 e. The van der Waals surface area contributed by atoms with E-state index in [9.17, 15) is 22.4 Å². The number of sulfonamides is 1. The number of amides is 2. The molecule has 36 heavy (non-hydrogen) atoms. The monoisotopic (exact) mass is 548 g/mol. The minimum Gasteiger partial charge on any atom is -0.386 e. The third kappa shape index (κ3) is 5.08. The van der Waals surface area contributed by atoms with Crippen molar-refractivity contribution in [3.63, 3.8) is 0 Å². The van der Waals surface area contributed by atoms with E-state index in [2.05, 4.69) is 10.6 Å². The molecule has 0 fully saturated rings. The predicted octanol–water partition coefficient (Wildman–Crippen LogP) is 5.52. The van der Waals surface area contributed by atoms with E-state index in [1.54, 1.807) is 43.6 Å². The van der Waals surface area contributed by atoms with Crippen LogP contribution in [0.1, 0.15) is 25.3 Å². The topological polar surface area (TPSA) is 109 Å². The fourth-order valence-electron chi connectivity index (χ4n) is 3.71. The molecular formula is C24H22ClFN4O4S2. The molecule has 0 unspecified atom stereocenters. The summed E-state index contributed by atoms with van der Waals surface area (Å²) >= 11 is 6.63. The number of halogens is 2. The van der Waals surface area contributed by atoms with Gasteiger partial charge in [0.15, 0.2) is 0 Å². The number of hydrogen-bond acceptors (Lipinski definition) is 6. The summed E-state index contributed by atoms with van der Waals surface area (Å²) in [6.45, 7) is 3.79. The third-order valence-corrected chi connectivity index (χ3v) is 8.54. The van der Waals surface area contributed by atoms with Gasteiger partial charge in [0.05, 0.1) is 15.4 Å². The Balaban J connectivity index is 1.66. The number of aromatic nitrogens is 1. The Labute approximate surface area is 215 Å². The molecule has 0 aliphatic carbocycles. The Morgan fingerprint density at radius 2 is 1.83 bits per heavy atom. The number of thiophene rings is 1. The van der Waals surface area contributed by atoms with Gasteiger partial charge in [-0.15, -0.1) is 11.3 Å². The van der Waals surface area contributed by atoms with Crippen molar-refractivity contribution < 1.29 is 17.6 Å². The maximum Gasteiger partial charge on any atom is 0.333 e. The van der Waals surface area contributed by atoms with Crippen LogP contribution in [0.15, 0.2) is 63.7 Å². The largest absolute Gasteiger partial charge is 0.386 e. The molecule has 0 aliphatic rings. The fourth-order valence-corrected chi connectivity index (χ4v) is 6.10. The van der Waals surface area contributed by atoms with Crippen molar-refractivity contribution in [1.82, 2.24) is 9.29 Å². The minimum atomic E-state index is -4.09. The molecular weight excluding hydrogens is 527 g/mol. The lowest BCUT2D eigenvalue weighted by Gasteiger charge is -2.17. The van der Waals surface area contributed by atoms with Crippen LogP contribution in [0.4, 0.5) is 20.6 Å². The summed E-state index contributed by atoms with van der Waals surface area (Å²) in [5, 5.41) is 6.13. The van der Waals surface area contributed by atoms with Gasteiger partial charge in [-0.2, -0.15) is 0 Å². The summed E-state index contributed by atoms with van der Waals surface area (Å²) in [5.41, 5.74) is 1.45. The van der Waals surface area contributed by atoms with Gasteiger partial charge in [0.25, 0.3) is 15.6 Å². The second-order valence-electron chi connectivity index (χ2n) is 8.20. The van der Waals surface area contributed by atoms with E-state index in [0.717, 1.165) is 11.3 Å². The highest BCUT2D eigenvalue weighted by atomic mass is 35.5. The van der Waals surface area contributed by atoms with Crippen LogP contribution >= 0.6 is 22.9 Å². The van der Waals surface area contributed by atoms with E-state index >= 15 is 0 Å². The molecule has 0 aliphatic heterocycles. The van der Waals surface area contributed by atoms with Gasteiger partial charge in [0, 0.05) is 24.6 Å². The van der Waals surface area contributed by atoms with Crippen molar-refractivity contribution in [3.8, 4) is 5.69 Å². The molecule has 0 saturated carbocycles. The standard InChI is InChI=1S/C24H22ClFN4O4S2/c1-13(2)16-11-15(30-9-8-14-10-20(27-3)18(26)12-17(14)23(30)31)4-5-19(16)28-24(32)29-36(33,34)22-7-6-21(25)35-22/h4-13,27H,1-3H3,(H2,28,29,32). The van der Waals surface area contributed by atoms with Gasteiger partial charge in [0.2, 0.25) is 0 Å². The number of nitrogens with zero attached hydrogens (tertiary/aromatic N) is 1. The molecule has 12 heteroatoms. The molecule has 2 aromatic carbocycles. The second-order valence-corrected chi connectivity index (χ2v) is 11.8. The number of pyridine rings is 1. The first-order chi connectivity index (χ1) is 17.0. The summed E-state index contributed by atoms with van der Waals surface area (Å²) in [7, 11) is -2.49. The maximum absolute atomic E-state index is 14.3. The van der Waals surface area contributed by atoms with Gasteiger partial charge >= 0.3 is 6.03 Å². The first-order valence-corrected chi connectivity index (χ1v) is 13.4. The Morgan fingerprint density at radius 1 is 1.08 bits per heavy atom. The fraction of sp³-hybridized carbons (Fsp3) is 0.167. The van der Waals surface area contributed by atoms with Crippen LogP contribution in [-0.4, -0.2) is 26.1 Å². The number of benzene rings is 2. The summed E-state index contributed by atoms with van der Waals surface area (Å²) in [4.78, 5) is 25.6. The number of rotatable bonds is 6. The molecule has 3 N–H and O–H groups in total. The highest BCUT2D eigenvalue weighted by Gasteiger charge is 2.21. The van der Waals surface area contributed by atoms with Crippen LogP contribution in [0.3, 0.4) is 0 Å². The van der Waals surface area contributed by atoms with Crippen LogP contribution in [0, 0.1) is 5.82 Å². The van der Waals surface area contributed by atoms with Crippen LogP contribution in [0.5, 0.6) is 0 Å². The first kappa shape index (κ1) is 25.7.